The molecule has 4 nitrogen and oxygen atoms in total. The SMILES string of the molecule is CCCCCCCCCCN(CCC(CCCCCCC)Sc1ccc(O)cc1)C(N)=O. The van der Waals surface area contributed by atoms with Gasteiger partial charge in [0.05, 0.1) is 0 Å². The average molecular weight is 465 g/mol. The highest BCUT2D eigenvalue weighted by molar-refractivity contribution is 8.00. The van der Waals surface area contributed by atoms with Gasteiger partial charge in [-0.3, -0.25) is 0 Å². The molecule has 0 radical (unpaired) electrons. The third-order valence-corrected chi connectivity index (χ3v) is 7.43. The second-order valence-electron chi connectivity index (χ2n) is 9.03. The number of phenolic OH excluding ortho intramolecular Hbond substituents is 1. The fourth-order valence-corrected chi connectivity index (χ4v) is 5.21. The fourth-order valence-electron chi connectivity index (χ4n) is 4.02. The van der Waals surface area contributed by atoms with Crippen LogP contribution < -0.4 is 5.73 Å². The molecule has 1 atom stereocenters. The molecule has 0 saturated carbocycles. The maximum absolute atomic E-state index is 12.0. The quantitative estimate of drug-likeness (QED) is 0.151. The second kappa shape index (κ2) is 19.1. The first-order chi connectivity index (χ1) is 15.6. The number of benzene rings is 1. The van der Waals surface area contributed by atoms with Crippen molar-refractivity contribution in [2.24, 2.45) is 5.73 Å². The van der Waals surface area contributed by atoms with Crippen molar-refractivity contribution in [1.29, 1.82) is 0 Å². The molecular weight excluding hydrogens is 416 g/mol. The number of amides is 2. The molecule has 184 valence electrons. The van der Waals surface area contributed by atoms with E-state index in [-0.39, 0.29) is 6.03 Å². The van der Waals surface area contributed by atoms with Crippen molar-refractivity contribution < 1.29 is 9.90 Å². The number of thioether (sulfide) groups is 1. The molecule has 0 aliphatic carbocycles. The van der Waals surface area contributed by atoms with Gasteiger partial charge in [-0.2, -0.15) is 0 Å². The van der Waals surface area contributed by atoms with Crippen molar-refractivity contribution >= 4 is 17.8 Å². The molecular formula is C27H48N2O2S. The Morgan fingerprint density at radius 1 is 0.812 bits per heavy atom. The monoisotopic (exact) mass is 464 g/mol. The minimum atomic E-state index is -0.288. The van der Waals surface area contributed by atoms with Crippen LogP contribution in [0.25, 0.3) is 0 Å². The third kappa shape index (κ3) is 14.7. The Morgan fingerprint density at radius 2 is 1.34 bits per heavy atom. The Balaban J connectivity index is 2.43. The number of hydrogen-bond donors (Lipinski definition) is 2. The van der Waals surface area contributed by atoms with Gasteiger partial charge in [0.25, 0.3) is 0 Å². The van der Waals surface area contributed by atoms with Crippen LogP contribution in [0.2, 0.25) is 0 Å². The summed E-state index contributed by atoms with van der Waals surface area (Å²) in [5.74, 6) is 0.302. The van der Waals surface area contributed by atoms with Crippen molar-refractivity contribution in [3.05, 3.63) is 24.3 Å². The molecule has 0 aliphatic heterocycles. The van der Waals surface area contributed by atoms with Gasteiger partial charge in [0.2, 0.25) is 0 Å². The maximum atomic E-state index is 12.0. The van der Waals surface area contributed by atoms with Crippen molar-refractivity contribution in [2.75, 3.05) is 13.1 Å². The Labute approximate surface area is 201 Å². The van der Waals surface area contributed by atoms with Gasteiger partial charge in [-0.15, -0.1) is 11.8 Å². The molecule has 0 bridgehead atoms. The Morgan fingerprint density at radius 3 is 1.91 bits per heavy atom. The first-order valence-corrected chi connectivity index (χ1v) is 13.9. The number of phenols is 1. The van der Waals surface area contributed by atoms with E-state index in [0.29, 0.717) is 11.0 Å². The Kier molecular flexibility index (Phi) is 17.2. The number of carbonyl (C=O) groups is 1. The summed E-state index contributed by atoms with van der Waals surface area (Å²) in [6.45, 7) is 6.00. The number of rotatable bonds is 20. The zero-order valence-corrected chi connectivity index (χ0v) is 21.5. The summed E-state index contributed by atoms with van der Waals surface area (Å²) in [6.07, 6.45) is 18.6. The summed E-state index contributed by atoms with van der Waals surface area (Å²) in [5.41, 5.74) is 5.70. The zero-order chi connectivity index (χ0) is 23.4. The summed E-state index contributed by atoms with van der Waals surface area (Å²) >= 11 is 1.87. The number of unbranched alkanes of at least 4 members (excludes halogenated alkanes) is 11. The normalized spacial score (nSPS) is 12.1. The van der Waals surface area contributed by atoms with E-state index in [4.69, 9.17) is 5.73 Å². The molecule has 0 aromatic heterocycles. The standard InChI is InChI=1S/C27H48N2O2S/c1-3-5-7-9-10-11-13-15-22-29(27(28)31)23-21-25(16-14-12-8-6-4-2)32-26-19-17-24(30)18-20-26/h17-20,25,30H,3-16,21-23H2,1-2H3,(H2,28,31). The van der Waals surface area contributed by atoms with Crippen LogP contribution >= 0.6 is 11.8 Å². The molecule has 1 rings (SSSR count). The highest BCUT2D eigenvalue weighted by atomic mass is 32.2. The largest absolute Gasteiger partial charge is 0.508 e. The summed E-state index contributed by atoms with van der Waals surface area (Å²) in [4.78, 5) is 15.0. The van der Waals surface area contributed by atoms with Crippen LogP contribution in [0, 0.1) is 0 Å². The Hall–Kier alpha value is -1.36. The molecule has 0 heterocycles. The number of carbonyl (C=O) groups excluding carboxylic acids is 1. The molecule has 5 heteroatoms. The van der Waals surface area contributed by atoms with E-state index in [1.165, 1.54) is 81.9 Å². The van der Waals surface area contributed by atoms with E-state index < -0.39 is 0 Å². The van der Waals surface area contributed by atoms with E-state index in [0.717, 1.165) is 32.4 Å². The zero-order valence-electron chi connectivity index (χ0n) is 20.7. The minimum Gasteiger partial charge on any atom is -0.508 e. The van der Waals surface area contributed by atoms with E-state index in [1.807, 2.05) is 28.8 Å². The van der Waals surface area contributed by atoms with Crippen LogP contribution in [0.4, 0.5) is 4.79 Å². The summed E-state index contributed by atoms with van der Waals surface area (Å²) in [7, 11) is 0. The van der Waals surface area contributed by atoms with Crippen LogP contribution in [0.15, 0.2) is 29.2 Å². The molecule has 1 unspecified atom stereocenters. The molecule has 1 aromatic carbocycles. The molecule has 0 saturated heterocycles. The van der Waals surface area contributed by atoms with Gasteiger partial charge in [-0.25, -0.2) is 4.79 Å². The number of nitrogens with zero attached hydrogens (tertiary/aromatic N) is 1. The molecule has 32 heavy (non-hydrogen) atoms. The van der Waals surface area contributed by atoms with Gasteiger partial charge in [0, 0.05) is 23.2 Å². The number of nitrogens with two attached hydrogens (primary N) is 1. The minimum absolute atomic E-state index is 0.288. The lowest BCUT2D eigenvalue weighted by molar-refractivity contribution is 0.205. The van der Waals surface area contributed by atoms with Crippen molar-refractivity contribution in [3.63, 3.8) is 0 Å². The van der Waals surface area contributed by atoms with Crippen LogP contribution in [0.5, 0.6) is 5.75 Å². The van der Waals surface area contributed by atoms with E-state index in [9.17, 15) is 9.90 Å². The lowest BCUT2D eigenvalue weighted by Crippen LogP contribution is -2.38. The number of hydrogen-bond acceptors (Lipinski definition) is 3. The summed E-state index contributed by atoms with van der Waals surface area (Å²) in [6, 6.07) is 7.17. The van der Waals surface area contributed by atoms with Crippen molar-refractivity contribution in [3.8, 4) is 5.75 Å². The van der Waals surface area contributed by atoms with Gasteiger partial charge >= 0.3 is 6.03 Å². The first kappa shape index (κ1) is 28.7. The molecule has 0 fully saturated rings. The van der Waals surface area contributed by atoms with Gasteiger partial charge in [0.15, 0.2) is 0 Å². The average Bonchev–Trinajstić information content (AvgIpc) is 2.78. The second-order valence-corrected chi connectivity index (χ2v) is 10.4. The topological polar surface area (TPSA) is 66.6 Å². The highest BCUT2D eigenvalue weighted by Crippen LogP contribution is 2.30. The molecule has 1 aromatic rings. The molecule has 2 amide bonds. The van der Waals surface area contributed by atoms with Gasteiger partial charge in [-0.1, -0.05) is 90.9 Å². The van der Waals surface area contributed by atoms with E-state index in [1.54, 1.807) is 12.1 Å². The fraction of sp³-hybridized carbons (Fsp3) is 0.741. The van der Waals surface area contributed by atoms with Crippen molar-refractivity contribution in [1.82, 2.24) is 4.90 Å². The summed E-state index contributed by atoms with van der Waals surface area (Å²) in [5, 5.41) is 10.0. The Bertz CT molecular complexity index is 580. The van der Waals surface area contributed by atoms with Gasteiger partial charge in [-0.05, 0) is 43.5 Å². The van der Waals surface area contributed by atoms with E-state index >= 15 is 0 Å². The third-order valence-electron chi connectivity index (χ3n) is 6.08. The predicted octanol–water partition coefficient (Wildman–Crippen LogP) is 8.12. The number of primary amides is 1. The van der Waals surface area contributed by atoms with Crippen LogP contribution in [0.1, 0.15) is 110 Å². The lowest BCUT2D eigenvalue weighted by Gasteiger charge is -2.24. The highest BCUT2D eigenvalue weighted by Gasteiger charge is 2.15. The summed E-state index contributed by atoms with van der Waals surface area (Å²) < 4.78 is 0. The van der Waals surface area contributed by atoms with E-state index in [2.05, 4.69) is 13.8 Å². The van der Waals surface area contributed by atoms with Gasteiger partial charge in [0.1, 0.15) is 5.75 Å². The number of urea groups is 1. The first-order valence-electron chi connectivity index (χ1n) is 13.1. The van der Waals surface area contributed by atoms with Crippen LogP contribution in [0.3, 0.4) is 0 Å². The number of aromatic hydroxyl groups is 1. The molecule has 0 aliphatic rings. The van der Waals surface area contributed by atoms with Gasteiger partial charge < -0.3 is 15.7 Å². The smallest absolute Gasteiger partial charge is 0.314 e. The lowest BCUT2D eigenvalue weighted by atomic mass is 10.1. The van der Waals surface area contributed by atoms with Crippen LogP contribution in [-0.4, -0.2) is 34.4 Å². The molecule has 0 spiro atoms. The predicted molar refractivity (Wildman–Crippen MR) is 140 cm³/mol. The maximum Gasteiger partial charge on any atom is 0.314 e. The van der Waals surface area contributed by atoms with Crippen molar-refractivity contribution in [2.45, 2.75) is 120 Å². The van der Waals surface area contributed by atoms with Crippen LogP contribution in [-0.2, 0) is 0 Å². The molecule has 3 N–H and O–H groups in total.